The van der Waals surface area contributed by atoms with Gasteiger partial charge in [-0.05, 0) is 32.9 Å². The van der Waals surface area contributed by atoms with E-state index in [2.05, 4.69) is 0 Å². The highest BCUT2D eigenvalue weighted by Gasteiger charge is 2.20. The van der Waals surface area contributed by atoms with E-state index >= 15 is 0 Å². The maximum absolute atomic E-state index is 11.9. The van der Waals surface area contributed by atoms with Crippen molar-refractivity contribution in [1.29, 1.82) is 0 Å². The molecular formula is C13H19ClN2O2. The van der Waals surface area contributed by atoms with Crippen molar-refractivity contribution >= 4 is 28.9 Å². The van der Waals surface area contributed by atoms with E-state index in [1.54, 1.807) is 19.1 Å². The average molecular weight is 271 g/mol. The predicted octanol–water partition coefficient (Wildman–Crippen LogP) is 2.95. The van der Waals surface area contributed by atoms with E-state index in [-0.39, 0.29) is 0 Å². The molecule has 18 heavy (non-hydrogen) atoms. The number of benzene rings is 1. The third-order valence-electron chi connectivity index (χ3n) is 2.66. The minimum atomic E-state index is -0.395. The molecule has 5 heteroatoms. The van der Waals surface area contributed by atoms with Gasteiger partial charge in [0.15, 0.2) is 0 Å². The number of hydrogen-bond donors (Lipinski definition) is 1. The van der Waals surface area contributed by atoms with Crippen molar-refractivity contribution in [2.75, 3.05) is 30.3 Å². The lowest BCUT2D eigenvalue weighted by molar-refractivity contribution is 0.0527. The third-order valence-corrected chi connectivity index (χ3v) is 2.95. The second-order valence-corrected chi connectivity index (χ2v) is 4.20. The molecule has 0 aliphatic carbocycles. The predicted molar refractivity (Wildman–Crippen MR) is 75.4 cm³/mol. The summed E-state index contributed by atoms with van der Waals surface area (Å²) in [5.41, 5.74) is 7.30. The highest BCUT2D eigenvalue weighted by molar-refractivity contribution is 6.34. The van der Waals surface area contributed by atoms with Crippen LogP contribution in [0.1, 0.15) is 31.1 Å². The van der Waals surface area contributed by atoms with Crippen molar-refractivity contribution in [2.24, 2.45) is 0 Å². The van der Waals surface area contributed by atoms with Gasteiger partial charge in [-0.3, -0.25) is 0 Å². The first kappa shape index (κ1) is 14.6. The lowest BCUT2D eigenvalue weighted by atomic mass is 10.1. The Balaban J connectivity index is 3.33. The Morgan fingerprint density at radius 2 is 1.94 bits per heavy atom. The average Bonchev–Trinajstić information content (AvgIpc) is 2.32. The van der Waals surface area contributed by atoms with Crippen LogP contribution in [0.3, 0.4) is 0 Å². The quantitative estimate of drug-likeness (QED) is 0.660. The van der Waals surface area contributed by atoms with Gasteiger partial charge in [-0.25, -0.2) is 4.79 Å². The second kappa shape index (κ2) is 6.50. The number of carbonyl (C=O) groups is 1. The van der Waals surface area contributed by atoms with Crippen LogP contribution in [0.25, 0.3) is 0 Å². The Kier molecular flexibility index (Phi) is 5.28. The number of halogens is 1. The van der Waals surface area contributed by atoms with Gasteiger partial charge in [0.1, 0.15) is 0 Å². The fourth-order valence-electron chi connectivity index (χ4n) is 1.85. The molecular weight excluding hydrogens is 252 g/mol. The number of esters is 1. The molecule has 0 spiro atoms. The summed E-state index contributed by atoms with van der Waals surface area (Å²) in [6, 6.07) is 3.26. The lowest BCUT2D eigenvalue weighted by Gasteiger charge is -2.25. The number of ether oxygens (including phenoxy) is 1. The number of anilines is 2. The van der Waals surface area contributed by atoms with E-state index in [9.17, 15) is 4.79 Å². The molecule has 100 valence electrons. The molecule has 1 aromatic carbocycles. The Labute approximate surface area is 113 Å². The van der Waals surface area contributed by atoms with E-state index in [1.807, 2.05) is 18.7 Å². The van der Waals surface area contributed by atoms with Crippen LogP contribution in [0, 0.1) is 0 Å². The van der Waals surface area contributed by atoms with Crippen LogP contribution in [0.15, 0.2) is 12.1 Å². The van der Waals surface area contributed by atoms with Crippen molar-refractivity contribution in [3.63, 3.8) is 0 Å². The number of rotatable bonds is 5. The fraction of sp³-hybridized carbons (Fsp3) is 0.462. The van der Waals surface area contributed by atoms with E-state index in [1.165, 1.54) is 0 Å². The van der Waals surface area contributed by atoms with Crippen molar-refractivity contribution in [3.8, 4) is 0 Å². The number of nitrogens with two attached hydrogens (primary N) is 1. The highest BCUT2D eigenvalue weighted by Crippen LogP contribution is 2.33. The zero-order valence-corrected chi connectivity index (χ0v) is 11.8. The third kappa shape index (κ3) is 3.07. The molecule has 0 unspecified atom stereocenters. The van der Waals surface area contributed by atoms with Gasteiger partial charge in [0.25, 0.3) is 0 Å². The smallest absolute Gasteiger partial charge is 0.340 e. The fourth-order valence-corrected chi connectivity index (χ4v) is 2.19. The summed E-state index contributed by atoms with van der Waals surface area (Å²) in [5.74, 6) is -0.395. The normalized spacial score (nSPS) is 10.2. The van der Waals surface area contributed by atoms with Gasteiger partial charge < -0.3 is 15.4 Å². The molecule has 0 atom stereocenters. The molecule has 0 aromatic heterocycles. The molecule has 0 aliphatic heterocycles. The van der Waals surface area contributed by atoms with Crippen LogP contribution in [-0.4, -0.2) is 25.7 Å². The lowest BCUT2D eigenvalue weighted by Crippen LogP contribution is -2.25. The van der Waals surface area contributed by atoms with Gasteiger partial charge in [0.2, 0.25) is 0 Å². The molecule has 1 rings (SSSR count). The Morgan fingerprint density at radius 3 is 2.44 bits per heavy atom. The summed E-state index contributed by atoms with van der Waals surface area (Å²) in [6.07, 6.45) is 0. The van der Waals surface area contributed by atoms with Gasteiger partial charge in [-0.2, -0.15) is 0 Å². The van der Waals surface area contributed by atoms with E-state index in [4.69, 9.17) is 22.1 Å². The monoisotopic (exact) mass is 270 g/mol. The molecule has 1 aromatic rings. The summed E-state index contributed by atoms with van der Waals surface area (Å²) in [4.78, 5) is 14.0. The van der Waals surface area contributed by atoms with Crippen LogP contribution in [-0.2, 0) is 4.74 Å². The molecule has 0 saturated heterocycles. The van der Waals surface area contributed by atoms with Crippen LogP contribution >= 0.6 is 11.6 Å². The summed E-state index contributed by atoms with van der Waals surface area (Å²) >= 11 is 6.20. The van der Waals surface area contributed by atoms with Crippen LogP contribution in [0.5, 0.6) is 0 Å². The van der Waals surface area contributed by atoms with Gasteiger partial charge in [0.05, 0.1) is 22.9 Å². The first-order valence-electron chi connectivity index (χ1n) is 6.06. The maximum atomic E-state index is 11.9. The standard InChI is InChI=1S/C13H19ClN2O2/c1-4-16(5-2)12-10(13(17)18-6-3)7-9(15)8-11(12)14/h7-8H,4-6,15H2,1-3H3. The largest absolute Gasteiger partial charge is 0.462 e. The second-order valence-electron chi connectivity index (χ2n) is 3.79. The van der Waals surface area contributed by atoms with Crippen molar-refractivity contribution in [1.82, 2.24) is 0 Å². The SMILES string of the molecule is CCOC(=O)c1cc(N)cc(Cl)c1N(CC)CC. The molecule has 2 N–H and O–H groups in total. The van der Waals surface area contributed by atoms with E-state index in [0.717, 1.165) is 13.1 Å². The first-order valence-corrected chi connectivity index (χ1v) is 6.43. The molecule has 4 nitrogen and oxygen atoms in total. The molecule has 0 heterocycles. The number of hydrogen-bond acceptors (Lipinski definition) is 4. The van der Waals surface area contributed by atoms with Crippen LogP contribution in [0.2, 0.25) is 5.02 Å². The molecule has 0 radical (unpaired) electrons. The summed E-state index contributed by atoms with van der Waals surface area (Å²) in [7, 11) is 0. The maximum Gasteiger partial charge on any atom is 0.340 e. The minimum Gasteiger partial charge on any atom is -0.462 e. The number of nitrogen functional groups attached to an aromatic ring is 1. The topological polar surface area (TPSA) is 55.6 Å². The van der Waals surface area contributed by atoms with Gasteiger partial charge in [-0.15, -0.1) is 0 Å². The molecule has 0 amide bonds. The van der Waals surface area contributed by atoms with Gasteiger partial charge in [-0.1, -0.05) is 11.6 Å². The van der Waals surface area contributed by atoms with E-state index < -0.39 is 5.97 Å². The van der Waals surface area contributed by atoms with Gasteiger partial charge in [0, 0.05) is 18.8 Å². The van der Waals surface area contributed by atoms with Crippen molar-refractivity contribution in [2.45, 2.75) is 20.8 Å². The first-order chi connectivity index (χ1) is 8.54. The van der Waals surface area contributed by atoms with Gasteiger partial charge >= 0.3 is 5.97 Å². The summed E-state index contributed by atoms with van der Waals surface area (Å²) in [5, 5.41) is 0.474. The van der Waals surface area contributed by atoms with Crippen LogP contribution < -0.4 is 10.6 Å². The molecule has 0 fully saturated rings. The number of nitrogens with zero attached hydrogens (tertiary/aromatic N) is 1. The number of carbonyl (C=O) groups excluding carboxylic acids is 1. The Hall–Kier alpha value is -1.42. The van der Waals surface area contributed by atoms with Crippen molar-refractivity contribution in [3.05, 3.63) is 22.7 Å². The zero-order chi connectivity index (χ0) is 13.7. The highest BCUT2D eigenvalue weighted by atomic mass is 35.5. The van der Waals surface area contributed by atoms with Crippen LogP contribution in [0.4, 0.5) is 11.4 Å². The zero-order valence-electron chi connectivity index (χ0n) is 11.0. The molecule has 0 aliphatic rings. The molecule has 0 bridgehead atoms. The van der Waals surface area contributed by atoms with E-state index in [0.29, 0.717) is 28.6 Å². The Bertz CT molecular complexity index is 431. The summed E-state index contributed by atoms with van der Waals surface area (Å²) < 4.78 is 5.04. The minimum absolute atomic E-state index is 0.322. The molecule has 0 saturated carbocycles. The Morgan fingerprint density at radius 1 is 1.33 bits per heavy atom. The summed E-state index contributed by atoms with van der Waals surface area (Å²) in [6.45, 7) is 7.61. The van der Waals surface area contributed by atoms with Crippen molar-refractivity contribution < 1.29 is 9.53 Å².